The molecule has 1 amide bonds. The van der Waals surface area contributed by atoms with Gasteiger partial charge in [-0.05, 0) is 44.9 Å². The SMILES string of the molecule is CC(NC1CCOC1C1CC1)C(=O)NC1CCCC1. The fraction of sp³-hybridized carbons (Fsp3) is 0.933. The van der Waals surface area contributed by atoms with Crippen LogP contribution in [0.15, 0.2) is 0 Å². The highest BCUT2D eigenvalue weighted by atomic mass is 16.5. The van der Waals surface area contributed by atoms with Gasteiger partial charge in [-0.25, -0.2) is 0 Å². The van der Waals surface area contributed by atoms with Gasteiger partial charge in [-0.3, -0.25) is 4.79 Å². The van der Waals surface area contributed by atoms with Crippen molar-refractivity contribution in [3.8, 4) is 0 Å². The number of hydrogen-bond donors (Lipinski definition) is 2. The van der Waals surface area contributed by atoms with Crippen molar-refractivity contribution >= 4 is 5.91 Å². The fourth-order valence-corrected chi connectivity index (χ4v) is 3.47. The van der Waals surface area contributed by atoms with Gasteiger partial charge in [0.05, 0.1) is 12.1 Å². The Labute approximate surface area is 115 Å². The Morgan fingerprint density at radius 1 is 1.16 bits per heavy atom. The van der Waals surface area contributed by atoms with Crippen molar-refractivity contribution < 1.29 is 9.53 Å². The van der Waals surface area contributed by atoms with Crippen LogP contribution >= 0.6 is 0 Å². The molecule has 2 aliphatic carbocycles. The molecule has 1 heterocycles. The molecule has 4 nitrogen and oxygen atoms in total. The predicted octanol–water partition coefficient (Wildman–Crippen LogP) is 1.59. The molecule has 0 radical (unpaired) electrons. The van der Waals surface area contributed by atoms with E-state index in [4.69, 9.17) is 4.74 Å². The van der Waals surface area contributed by atoms with Crippen molar-refractivity contribution in [2.75, 3.05) is 6.61 Å². The average molecular weight is 266 g/mol. The smallest absolute Gasteiger partial charge is 0.237 e. The third-order valence-corrected chi connectivity index (χ3v) is 4.78. The maximum absolute atomic E-state index is 12.2. The number of ether oxygens (including phenoxy) is 1. The second-order valence-corrected chi connectivity index (χ2v) is 6.45. The number of carbonyl (C=O) groups excluding carboxylic acids is 1. The topological polar surface area (TPSA) is 50.4 Å². The highest BCUT2D eigenvalue weighted by Crippen LogP contribution is 2.38. The normalized spacial score (nSPS) is 33.5. The minimum atomic E-state index is -0.103. The first-order chi connectivity index (χ1) is 9.24. The Kier molecular flexibility index (Phi) is 4.08. The molecular formula is C15H26N2O2. The first-order valence-corrected chi connectivity index (χ1v) is 7.92. The summed E-state index contributed by atoms with van der Waals surface area (Å²) in [7, 11) is 0. The zero-order valence-electron chi connectivity index (χ0n) is 11.9. The molecule has 0 bridgehead atoms. The highest BCUT2D eigenvalue weighted by Gasteiger charge is 2.41. The second kappa shape index (κ2) is 5.80. The number of carbonyl (C=O) groups is 1. The Morgan fingerprint density at radius 3 is 2.58 bits per heavy atom. The van der Waals surface area contributed by atoms with Crippen LogP contribution in [0.25, 0.3) is 0 Å². The van der Waals surface area contributed by atoms with Gasteiger partial charge in [0.2, 0.25) is 5.91 Å². The molecule has 3 rings (SSSR count). The van der Waals surface area contributed by atoms with Gasteiger partial charge in [-0.2, -0.15) is 0 Å². The van der Waals surface area contributed by atoms with Crippen molar-refractivity contribution in [1.82, 2.24) is 10.6 Å². The zero-order chi connectivity index (χ0) is 13.2. The lowest BCUT2D eigenvalue weighted by Crippen LogP contribution is -2.51. The first-order valence-electron chi connectivity index (χ1n) is 7.92. The lowest BCUT2D eigenvalue weighted by Gasteiger charge is -2.24. The Morgan fingerprint density at radius 2 is 1.89 bits per heavy atom. The lowest BCUT2D eigenvalue weighted by atomic mass is 10.1. The summed E-state index contributed by atoms with van der Waals surface area (Å²) in [4.78, 5) is 12.2. The number of nitrogens with one attached hydrogen (secondary N) is 2. The molecule has 1 aliphatic heterocycles. The van der Waals surface area contributed by atoms with E-state index in [9.17, 15) is 4.79 Å². The van der Waals surface area contributed by atoms with Crippen LogP contribution in [0.1, 0.15) is 51.9 Å². The summed E-state index contributed by atoms with van der Waals surface area (Å²) in [5, 5.41) is 6.66. The van der Waals surface area contributed by atoms with E-state index < -0.39 is 0 Å². The van der Waals surface area contributed by atoms with Crippen molar-refractivity contribution in [2.24, 2.45) is 5.92 Å². The number of hydrogen-bond acceptors (Lipinski definition) is 3. The number of amides is 1. The van der Waals surface area contributed by atoms with E-state index in [1.54, 1.807) is 0 Å². The van der Waals surface area contributed by atoms with Gasteiger partial charge in [0.15, 0.2) is 0 Å². The van der Waals surface area contributed by atoms with Crippen molar-refractivity contribution in [3.05, 3.63) is 0 Å². The number of rotatable bonds is 5. The molecule has 19 heavy (non-hydrogen) atoms. The molecule has 3 aliphatic rings. The summed E-state index contributed by atoms with van der Waals surface area (Å²) in [6, 6.07) is 0.682. The van der Waals surface area contributed by atoms with Crippen LogP contribution in [0.2, 0.25) is 0 Å². The monoisotopic (exact) mass is 266 g/mol. The first kappa shape index (κ1) is 13.4. The average Bonchev–Trinajstić information content (AvgIpc) is 2.92. The van der Waals surface area contributed by atoms with E-state index >= 15 is 0 Å². The van der Waals surface area contributed by atoms with Gasteiger partial charge in [0, 0.05) is 18.7 Å². The molecule has 0 aromatic heterocycles. The van der Waals surface area contributed by atoms with Gasteiger partial charge >= 0.3 is 0 Å². The highest BCUT2D eigenvalue weighted by molar-refractivity contribution is 5.81. The summed E-state index contributed by atoms with van der Waals surface area (Å²) in [5.74, 6) is 0.901. The summed E-state index contributed by atoms with van der Waals surface area (Å²) in [6.45, 7) is 2.82. The molecule has 2 N–H and O–H groups in total. The molecule has 3 unspecified atom stereocenters. The van der Waals surface area contributed by atoms with Gasteiger partial charge in [0.25, 0.3) is 0 Å². The largest absolute Gasteiger partial charge is 0.376 e. The second-order valence-electron chi connectivity index (χ2n) is 6.45. The Balaban J connectivity index is 1.46. The quantitative estimate of drug-likeness (QED) is 0.794. The lowest BCUT2D eigenvalue weighted by molar-refractivity contribution is -0.123. The molecule has 0 spiro atoms. The van der Waals surface area contributed by atoms with Crippen LogP contribution in [0.3, 0.4) is 0 Å². The van der Waals surface area contributed by atoms with E-state index in [-0.39, 0.29) is 11.9 Å². The van der Waals surface area contributed by atoms with Gasteiger partial charge < -0.3 is 15.4 Å². The maximum Gasteiger partial charge on any atom is 0.237 e. The third-order valence-electron chi connectivity index (χ3n) is 4.78. The van der Waals surface area contributed by atoms with E-state index in [0.29, 0.717) is 18.2 Å². The summed E-state index contributed by atoms with van der Waals surface area (Å²) >= 11 is 0. The molecule has 3 fully saturated rings. The van der Waals surface area contributed by atoms with Crippen LogP contribution in [0.4, 0.5) is 0 Å². The summed E-state index contributed by atoms with van der Waals surface area (Å²) < 4.78 is 5.81. The van der Waals surface area contributed by atoms with Crippen LogP contribution in [-0.4, -0.2) is 36.7 Å². The van der Waals surface area contributed by atoms with Crippen LogP contribution in [0, 0.1) is 5.92 Å². The minimum absolute atomic E-state index is 0.103. The molecule has 3 atom stereocenters. The van der Waals surface area contributed by atoms with E-state index in [1.807, 2.05) is 6.92 Å². The Bertz CT molecular complexity index is 324. The van der Waals surface area contributed by atoms with Crippen molar-refractivity contribution in [2.45, 2.75) is 76.1 Å². The van der Waals surface area contributed by atoms with Gasteiger partial charge in [-0.1, -0.05) is 12.8 Å². The van der Waals surface area contributed by atoms with Crippen molar-refractivity contribution in [3.63, 3.8) is 0 Å². The minimum Gasteiger partial charge on any atom is -0.376 e. The van der Waals surface area contributed by atoms with E-state index in [0.717, 1.165) is 31.8 Å². The van der Waals surface area contributed by atoms with Crippen LogP contribution < -0.4 is 10.6 Å². The zero-order valence-corrected chi connectivity index (χ0v) is 11.9. The van der Waals surface area contributed by atoms with Gasteiger partial charge in [0.1, 0.15) is 0 Å². The van der Waals surface area contributed by atoms with E-state index in [1.165, 1.54) is 25.7 Å². The van der Waals surface area contributed by atoms with E-state index in [2.05, 4.69) is 10.6 Å². The molecule has 4 heteroatoms. The van der Waals surface area contributed by atoms with Crippen LogP contribution in [0.5, 0.6) is 0 Å². The Hall–Kier alpha value is -0.610. The summed E-state index contributed by atoms with van der Waals surface area (Å²) in [5.41, 5.74) is 0. The predicted molar refractivity (Wildman–Crippen MR) is 73.9 cm³/mol. The molecule has 1 saturated heterocycles. The van der Waals surface area contributed by atoms with Crippen molar-refractivity contribution in [1.29, 1.82) is 0 Å². The third kappa shape index (κ3) is 3.29. The van der Waals surface area contributed by atoms with Crippen LogP contribution in [-0.2, 0) is 9.53 Å². The molecule has 0 aromatic carbocycles. The fourth-order valence-electron chi connectivity index (χ4n) is 3.47. The summed E-state index contributed by atoms with van der Waals surface area (Å²) in [6.07, 6.45) is 8.80. The molecular weight excluding hydrogens is 240 g/mol. The molecule has 2 saturated carbocycles. The standard InChI is InChI=1S/C15H26N2O2/c1-10(15(18)17-12-4-2-3-5-12)16-13-8-9-19-14(13)11-6-7-11/h10-14,16H,2-9H2,1H3,(H,17,18). The molecule has 0 aromatic rings. The van der Waals surface area contributed by atoms with Gasteiger partial charge in [-0.15, -0.1) is 0 Å². The maximum atomic E-state index is 12.2. The molecule has 108 valence electrons.